The molecule has 0 atom stereocenters. The van der Waals surface area contributed by atoms with E-state index < -0.39 is 29.2 Å². The van der Waals surface area contributed by atoms with E-state index in [2.05, 4.69) is 10.3 Å². The Morgan fingerprint density at radius 3 is 2.30 bits per heavy atom. The summed E-state index contributed by atoms with van der Waals surface area (Å²) in [5, 5.41) is 2.06. The second kappa shape index (κ2) is 5.16. The molecule has 0 radical (unpaired) electrons. The number of nitrogens with two attached hydrogens (primary N) is 1. The van der Waals surface area contributed by atoms with Crippen LogP contribution in [0.4, 0.5) is 29.1 Å². The van der Waals surface area contributed by atoms with Gasteiger partial charge in [0.2, 0.25) is 0 Å². The number of carbonyl (C=O) groups excluding carboxylic acids is 1. The van der Waals surface area contributed by atoms with Gasteiger partial charge in [-0.15, -0.1) is 0 Å². The number of pyridine rings is 1. The van der Waals surface area contributed by atoms with E-state index in [9.17, 15) is 22.4 Å². The summed E-state index contributed by atoms with van der Waals surface area (Å²) >= 11 is 0. The van der Waals surface area contributed by atoms with E-state index in [1.165, 1.54) is 0 Å². The highest BCUT2D eigenvalue weighted by atomic mass is 19.2. The molecular weight excluding hydrogens is 278 g/mol. The summed E-state index contributed by atoms with van der Waals surface area (Å²) in [6.45, 7) is 0. The average Bonchev–Trinajstić information content (AvgIpc) is 2.38. The molecule has 20 heavy (non-hydrogen) atoms. The lowest BCUT2D eigenvalue weighted by atomic mass is 10.2. The van der Waals surface area contributed by atoms with Crippen molar-refractivity contribution in [2.24, 2.45) is 0 Å². The summed E-state index contributed by atoms with van der Waals surface area (Å²) in [5.74, 6) is -6.58. The summed E-state index contributed by atoms with van der Waals surface area (Å²) in [5.41, 5.74) is 4.73. The second-order valence-electron chi connectivity index (χ2n) is 3.79. The number of carbonyl (C=O) groups is 1. The van der Waals surface area contributed by atoms with Crippen molar-refractivity contribution < 1.29 is 22.4 Å². The number of nitrogens with one attached hydrogen (secondary N) is 1. The lowest BCUT2D eigenvalue weighted by molar-refractivity contribution is 0.102. The normalized spacial score (nSPS) is 10.4. The maximum absolute atomic E-state index is 13.0. The molecule has 0 unspecified atom stereocenters. The zero-order chi connectivity index (χ0) is 14.9. The summed E-state index contributed by atoms with van der Waals surface area (Å²) in [7, 11) is 0. The largest absolute Gasteiger partial charge is 0.383 e. The lowest BCUT2D eigenvalue weighted by Crippen LogP contribution is -2.15. The van der Waals surface area contributed by atoms with Gasteiger partial charge in [0.25, 0.3) is 5.91 Å². The SMILES string of the molecule is Nc1ncc(F)cc1C(=O)Nc1cc(F)c(F)c(F)c1. The fourth-order valence-corrected chi connectivity index (χ4v) is 1.46. The molecule has 0 fully saturated rings. The Morgan fingerprint density at radius 2 is 1.70 bits per heavy atom. The van der Waals surface area contributed by atoms with Gasteiger partial charge in [-0.25, -0.2) is 22.5 Å². The summed E-state index contributed by atoms with van der Waals surface area (Å²) in [6.07, 6.45) is 0.809. The minimum Gasteiger partial charge on any atom is -0.383 e. The van der Waals surface area contributed by atoms with Crippen molar-refractivity contribution in [1.29, 1.82) is 0 Å². The molecule has 0 bridgehead atoms. The first-order chi connectivity index (χ1) is 9.38. The molecule has 2 rings (SSSR count). The van der Waals surface area contributed by atoms with Gasteiger partial charge < -0.3 is 11.1 Å². The standard InChI is InChI=1S/C12H7F4N3O/c13-5-1-7(11(17)18-4-5)12(20)19-6-2-8(14)10(16)9(15)3-6/h1-4H,(H2,17,18)(H,19,20). The molecule has 0 aliphatic heterocycles. The highest BCUT2D eigenvalue weighted by Crippen LogP contribution is 2.19. The Balaban J connectivity index is 2.30. The molecule has 1 aromatic carbocycles. The molecule has 1 aromatic heterocycles. The van der Waals surface area contributed by atoms with E-state index in [-0.39, 0.29) is 17.1 Å². The Bertz CT molecular complexity index is 667. The number of hydrogen-bond acceptors (Lipinski definition) is 3. The zero-order valence-electron chi connectivity index (χ0n) is 9.75. The topological polar surface area (TPSA) is 68.0 Å². The molecule has 0 saturated heterocycles. The summed E-state index contributed by atoms with van der Waals surface area (Å²) < 4.78 is 51.7. The van der Waals surface area contributed by atoms with Gasteiger partial charge in [-0.2, -0.15) is 0 Å². The van der Waals surface area contributed by atoms with Crippen molar-refractivity contribution in [2.75, 3.05) is 11.1 Å². The molecule has 2 aromatic rings. The van der Waals surface area contributed by atoms with Crippen LogP contribution in [0.3, 0.4) is 0 Å². The average molecular weight is 285 g/mol. The number of halogens is 4. The monoisotopic (exact) mass is 285 g/mol. The second-order valence-corrected chi connectivity index (χ2v) is 3.79. The van der Waals surface area contributed by atoms with Crippen LogP contribution in [0, 0.1) is 23.3 Å². The van der Waals surface area contributed by atoms with Crippen molar-refractivity contribution in [2.45, 2.75) is 0 Å². The molecule has 1 heterocycles. The number of amides is 1. The molecule has 1 amide bonds. The predicted molar refractivity (Wildman–Crippen MR) is 62.9 cm³/mol. The van der Waals surface area contributed by atoms with Gasteiger partial charge in [0.15, 0.2) is 17.5 Å². The molecule has 0 spiro atoms. The quantitative estimate of drug-likeness (QED) is 0.658. The summed E-state index contributed by atoms with van der Waals surface area (Å²) in [4.78, 5) is 15.2. The van der Waals surface area contributed by atoms with Crippen LogP contribution in [0.15, 0.2) is 24.4 Å². The van der Waals surface area contributed by atoms with E-state index in [1.54, 1.807) is 0 Å². The van der Waals surface area contributed by atoms with Crippen LogP contribution in [-0.2, 0) is 0 Å². The maximum atomic E-state index is 13.0. The number of nitrogen functional groups attached to an aromatic ring is 1. The molecule has 0 aliphatic rings. The lowest BCUT2D eigenvalue weighted by Gasteiger charge is -2.07. The van der Waals surface area contributed by atoms with E-state index in [0.29, 0.717) is 12.1 Å². The fraction of sp³-hybridized carbons (Fsp3) is 0. The van der Waals surface area contributed by atoms with Gasteiger partial charge in [0.1, 0.15) is 11.6 Å². The van der Waals surface area contributed by atoms with E-state index in [1.807, 2.05) is 0 Å². The number of aromatic nitrogens is 1. The molecular formula is C12H7F4N3O. The molecule has 0 saturated carbocycles. The van der Waals surface area contributed by atoms with Crippen LogP contribution in [0.5, 0.6) is 0 Å². The predicted octanol–water partition coefficient (Wildman–Crippen LogP) is 2.47. The number of hydrogen-bond donors (Lipinski definition) is 2. The fourth-order valence-electron chi connectivity index (χ4n) is 1.46. The van der Waals surface area contributed by atoms with Gasteiger partial charge in [0.05, 0.1) is 11.8 Å². The van der Waals surface area contributed by atoms with Crippen molar-refractivity contribution in [1.82, 2.24) is 4.98 Å². The van der Waals surface area contributed by atoms with Crippen molar-refractivity contribution in [3.05, 3.63) is 53.2 Å². The first-order valence-corrected chi connectivity index (χ1v) is 5.25. The van der Waals surface area contributed by atoms with Crippen LogP contribution in [0.2, 0.25) is 0 Å². The third kappa shape index (κ3) is 2.68. The minimum atomic E-state index is -1.66. The zero-order valence-corrected chi connectivity index (χ0v) is 9.75. The molecule has 0 aliphatic carbocycles. The van der Waals surface area contributed by atoms with Gasteiger partial charge in [-0.3, -0.25) is 4.79 Å². The molecule has 8 heteroatoms. The van der Waals surface area contributed by atoms with Gasteiger partial charge in [-0.05, 0) is 6.07 Å². The first kappa shape index (κ1) is 13.8. The Kier molecular flexibility index (Phi) is 3.55. The van der Waals surface area contributed by atoms with E-state index in [4.69, 9.17) is 5.73 Å². The maximum Gasteiger partial charge on any atom is 0.259 e. The van der Waals surface area contributed by atoms with Crippen LogP contribution in [0.25, 0.3) is 0 Å². The van der Waals surface area contributed by atoms with E-state index >= 15 is 0 Å². The van der Waals surface area contributed by atoms with Gasteiger partial charge in [-0.1, -0.05) is 0 Å². The molecule has 3 N–H and O–H groups in total. The Morgan fingerprint density at radius 1 is 1.10 bits per heavy atom. The number of benzene rings is 1. The summed E-state index contributed by atoms with van der Waals surface area (Å²) in [6, 6.07) is 1.98. The van der Waals surface area contributed by atoms with Crippen LogP contribution >= 0.6 is 0 Å². The van der Waals surface area contributed by atoms with Crippen LogP contribution < -0.4 is 11.1 Å². The third-order valence-corrected chi connectivity index (χ3v) is 2.37. The molecule has 104 valence electrons. The van der Waals surface area contributed by atoms with Gasteiger partial charge in [0, 0.05) is 17.8 Å². The highest BCUT2D eigenvalue weighted by Gasteiger charge is 2.15. The van der Waals surface area contributed by atoms with Crippen molar-refractivity contribution >= 4 is 17.4 Å². The van der Waals surface area contributed by atoms with Crippen LogP contribution in [0.1, 0.15) is 10.4 Å². The Labute approximate surface area is 110 Å². The minimum absolute atomic E-state index is 0.257. The highest BCUT2D eigenvalue weighted by molar-refractivity contribution is 6.07. The number of nitrogens with zero attached hydrogens (tertiary/aromatic N) is 1. The van der Waals surface area contributed by atoms with Crippen molar-refractivity contribution in [3.8, 4) is 0 Å². The number of rotatable bonds is 2. The smallest absolute Gasteiger partial charge is 0.259 e. The third-order valence-electron chi connectivity index (χ3n) is 2.37. The number of anilines is 2. The molecule has 4 nitrogen and oxygen atoms in total. The van der Waals surface area contributed by atoms with Gasteiger partial charge >= 0.3 is 0 Å². The Hall–Kier alpha value is -2.64. The van der Waals surface area contributed by atoms with E-state index in [0.717, 1.165) is 12.3 Å². The van der Waals surface area contributed by atoms with Crippen molar-refractivity contribution in [3.63, 3.8) is 0 Å². The van der Waals surface area contributed by atoms with Crippen LogP contribution in [-0.4, -0.2) is 10.9 Å². The first-order valence-electron chi connectivity index (χ1n) is 5.25.